The van der Waals surface area contributed by atoms with Gasteiger partial charge in [0.25, 0.3) is 0 Å². The molecule has 23 heavy (non-hydrogen) atoms. The van der Waals surface area contributed by atoms with Gasteiger partial charge in [0.05, 0.1) is 11.8 Å². The van der Waals surface area contributed by atoms with Crippen molar-refractivity contribution >= 4 is 15.9 Å². The summed E-state index contributed by atoms with van der Waals surface area (Å²) in [5.41, 5.74) is 3.65. The first kappa shape index (κ1) is 17.8. The first-order chi connectivity index (χ1) is 10.7. The van der Waals surface area contributed by atoms with Crippen molar-refractivity contribution in [2.45, 2.75) is 33.2 Å². The molecule has 1 aliphatic rings. The quantitative estimate of drug-likeness (QED) is 0.896. The molecule has 128 valence electrons. The molecule has 1 aromatic carbocycles. The molecule has 0 saturated carbocycles. The molecule has 1 aliphatic carbocycles. The largest absolute Gasteiger partial charge is 0.331 e. The second-order valence-electron chi connectivity index (χ2n) is 6.52. The Morgan fingerprint density at radius 1 is 1.39 bits per heavy atom. The molecule has 0 fully saturated rings. The summed E-state index contributed by atoms with van der Waals surface area (Å²) in [6.45, 7) is 6.75. The molecule has 0 radical (unpaired) electrons. The minimum atomic E-state index is -3.08. The molecule has 6 heteroatoms. The zero-order valence-corrected chi connectivity index (χ0v) is 15.1. The lowest BCUT2D eigenvalue weighted by atomic mass is 10.0. The van der Waals surface area contributed by atoms with Crippen LogP contribution in [0.4, 0.5) is 4.79 Å². The average molecular weight is 338 g/mol. The second kappa shape index (κ2) is 6.91. The van der Waals surface area contributed by atoms with E-state index in [4.69, 9.17) is 0 Å². The zero-order chi connectivity index (χ0) is 17.2. The van der Waals surface area contributed by atoms with Crippen LogP contribution in [-0.2, 0) is 16.3 Å². The minimum Gasteiger partial charge on any atom is -0.331 e. The van der Waals surface area contributed by atoms with E-state index >= 15 is 0 Å². The van der Waals surface area contributed by atoms with Gasteiger partial charge in [0, 0.05) is 19.3 Å². The monoisotopic (exact) mass is 338 g/mol. The number of carbonyl (C=O) groups excluding carboxylic acids is 1. The molecule has 5 nitrogen and oxygen atoms in total. The molecule has 0 spiro atoms. The Kier molecular flexibility index (Phi) is 5.34. The van der Waals surface area contributed by atoms with Crippen molar-refractivity contribution in [1.82, 2.24) is 10.2 Å². The first-order valence-electron chi connectivity index (χ1n) is 8.04. The lowest BCUT2D eigenvalue weighted by Crippen LogP contribution is -2.44. The molecule has 0 aromatic heterocycles. The van der Waals surface area contributed by atoms with Crippen molar-refractivity contribution in [2.24, 2.45) is 5.92 Å². The van der Waals surface area contributed by atoms with Crippen LogP contribution in [0.2, 0.25) is 0 Å². The summed E-state index contributed by atoms with van der Waals surface area (Å²) >= 11 is 0. The number of hydrogen-bond donors (Lipinski definition) is 1. The summed E-state index contributed by atoms with van der Waals surface area (Å²) in [5, 5.41) is 3.09. The number of amides is 2. The van der Waals surface area contributed by atoms with E-state index in [2.05, 4.69) is 30.4 Å². The van der Waals surface area contributed by atoms with Gasteiger partial charge >= 0.3 is 6.03 Å². The third-order valence-corrected chi connectivity index (χ3v) is 5.35. The highest BCUT2D eigenvalue weighted by molar-refractivity contribution is 7.90. The van der Waals surface area contributed by atoms with Gasteiger partial charge in [-0.1, -0.05) is 30.7 Å². The molecule has 1 aromatic rings. The van der Waals surface area contributed by atoms with Crippen molar-refractivity contribution in [3.8, 4) is 0 Å². The third-order valence-electron chi connectivity index (χ3n) is 4.43. The number of urea groups is 1. The maximum Gasteiger partial charge on any atom is 0.317 e. The lowest BCUT2D eigenvalue weighted by Gasteiger charge is -2.26. The van der Waals surface area contributed by atoms with Crippen molar-refractivity contribution in [3.63, 3.8) is 0 Å². The van der Waals surface area contributed by atoms with Gasteiger partial charge in [0.2, 0.25) is 0 Å². The number of nitrogens with zero attached hydrogens (tertiary/aromatic N) is 1. The molecule has 0 unspecified atom stereocenters. The van der Waals surface area contributed by atoms with E-state index in [1.807, 2.05) is 13.8 Å². The fourth-order valence-electron chi connectivity index (χ4n) is 3.08. The van der Waals surface area contributed by atoms with E-state index < -0.39 is 9.84 Å². The number of rotatable bonds is 5. The molecule has 2 atom stereocenters. The van der Waals surface area contributed by atoms with E-state index in [1.165, 1.54) is 22.9 Å². The predicted molar refractivity (Wildman–Crippen MR) is 92.3 cm³/mol. The van der Waals surface area contributed by atoms with Gasteiger partial charge < -0.3 is 10.2 Å². The Balaban J connectivity index is 2.09. The SMILES string of the molecule is CCN(CCS(C)(=O)=O)C(=O)N[C@H]1c2cc(C)ccc2C[C@H]1C. The molecule has 0 heterocycles. The highest BCUT2D eigenvalue weighted by atomic mass is 32.2. The van der Waals surface area contributed by atoms with Crippen LogP contribution in [0, 0.1) is 12.8 Å². The number of sulfone groups is 1. The standard InChI is InChI=1S/C17H26N2O3S/c1-5-19(8-9-23(4,21)22)17(20)18-16-13(3)11-14-7-6-12(2)10-15(14)16/h6-7,10,13,16H,5,8-9,11H2,1-4H3,(H,18,20)/t13-,16-/m1/s1. The van der Waals surface area contributed by atoms with Gasteiger partial charge in [0.1, 0.15) is 9.84 Å². The fraction of sp³-hybridized carbons (Fsp3) is 0.588. The Labute approximate surface area is 139 Å². The van der Waals surface area contributed by atoms with Crippen LogP contribution in [0.5, 0.6) is 0 Å². The smallest absolute Gasteiger partial charge is 0.317 e. The van der Waals surface area contributed by atoms with Crippen LogP contribution in [0.1, 0.15) is 36.6 Å². The van der Waals surface area contributed by atoms with Gasteiger partial charge in [-0.3, -0.25) is 0 Å². The van der Waals surface area contributed by atoms with Gasteiger partial charge in [-0.2, -0.15) is 0 Å². The van der Waals surface area contributed by atoms with E-state index in [9.17, 15) is 13.2 Å². The van der Waals surface area contributed by atoms with Crippen molar-refractivity contribution in [1.29, 1.82) is 0 Å². The highest BCUT2D eigenvalue weighted by Crippen LogP contribution is 2.36. The summed E-state index contributed by atoms with van der Waals surface area (Å²) in [6.07, 6.45) is 2.15. The first-order valence-corrected chi connectivity index (χ1v) is 10.1. The van der Waals surface area contributed by atoms with Crippen LogP contribution in [0.15, 0.2) is 18.2 Å². The maximum absolute atomic E-state index is 12.5. The molecule has 2 rings (SSSR count). The molecular weight excluding hydrogens is 312 g/mol. The Hall–Kier alpha value is -1.56. The lowest BCUT2D eigenvalue weighted by molar-refractivity contribution is 0.196. The third kappa shape index (κ3) is 4.47. The molecule has 0 saturated heterocycles. The summed E-state index contributed by atoms with van der Waals surface area (Å²) in [6, 6.07) is 6.16. The summed E-state index contributed by atoms with van der Waals surface area (Å²) in [7, 11) is -3.08. The van der Waals surface area contributed by atoms with E-state index in [0.29, 0.717) is 12.5 Å². The van der Waals surface area contributed by atoms with Gasteiger partial charge in [-0.05, 0) is 37.3 Å². The predicted octanol–water partition coefficient (Wildman–Crippen LogP) is 2.30. The number of nitrogens with one attached hydrogen (secondary N) is 1. The average Bonchev–Trinajstić information content (AvgIpc) is 2.74. The summed E-state index contributed by atoms with van der Waals surface area (Å²) in [4.78, 5) is 14.1. The Bertz CT molecular complexity index is 685. The maximum atomic E-state index is 12.5. The van der Waals surface area contributed by atoms with Crippen LogP contribution in [0.25, 0.3) is 0 Å². The molecule has 2 amide bonds. The van der Waals surface area contributed by atoms with Gasteiger partial charge in [-0.15, -0.1) is 0 Å². The van der Waals surface area contributed by atoms with E-state index in [1.54, 1.807) is 4.90 Å². The number of carbonyl (C=O) groups is 1. The molecular formula is C17H26N2O3S. The minimum absolute atomic E-state index is 0.00955. The Morgan fingerprint density at radius 2 is 2.09 bits per heavy atom. The van der Waals surface area contributed by atoms with Crippen LogP contribution < -0.4 is 5.32 Å². The van der Waals surface area contributed by atoms with Crippen molar-refractivity contribution < 1.29 is 13.2 Å². The van der Waals surface area contributed by atoms with Crippen molar-refractivity contribution in [2.75, 3.05) is 25.1 Å². The van der Waals surface area contributed by atoms with E-state index in [-0.39, 0.29) is 24.4 Å². The summed E-state index contributed by atoms with van der Waals surface area (Å²) < 4.78 is 22.6. The van der Waals surface area contributed by atoms with Gasteiger partial charge in [0.15, 0.2) is 0 Å². The van der Waals surface area contributed by atoms with E-state index in [0.717, 1.165) is 6.42 Å². The summed E-state index contributed by atoms with van der Waals surface area (Å²) in [5.74, 6) is 0.328. The van der Waals surface area contributed by atoms with Crippen LogP contribution >= 0.6 is 0 Å². The van der Waals surface area contributed by atoms with Crippen LogP contribution in [0.3, 0.4) is 0 Å². The Morgan fingerprint density at radius 3 is 2.70 bits per heavy atom. The number of hydrogen-bond acceptors (Lipinski definition) is 3. The second-order valence-corrected chi connectivity index (χ2v) is 8.78. The topological polar surface area (TPSA) is 66.5 Å². The number of fused-ring (bicyclic) bond motifs is 1. The van der Waals surface area contributed by atoms with Crippen molar-refractivity contribution in [3.05, 3.63) is 34.9 Å². The van der Waals surface area contributed by atoms with Crippen LogP contribution in [-0.4, -0.2) is 44.4 Å². The zero-order valence-electron chi connectivity index (χ0n) is 14.3. The molecule has 0 bridgehead atoms. The highest BCUT2D eigenvalue weighted by Gasteiger charge is 2.31. The number of aryl methyl sites for hydroxylation is 1. The van der Waals surface area contributed by atoms with Gasteiger partial charge in [-0.25, -0.2) is 13.2 Å². The molecule has 1 N–H and O–H groups in total. The molecule has 0 aliphatic heterocycles. The number of benzene rings is 1. The normalized spacial score (nSPS) is 20.2. The fourth-order valence-corrected chi connectivity index (χ4v) is 3.64.